The highest BCUT2D eigenvalue weighted by molar-refractivity contribution is 6.07. The highest BCUT2D eigenvalue weighted by Crippen LogP contribution is 2.30. The van der Waals surface area contributed by atoms with Gasteiger partial charge in [-0.3, -0.25) is 9.20 Å². The number of hydrogen-bond acceptors (Lipinski definition) is 3. The topological polar surface area (TPSA) is 50.0 Å². The quantitative estimate of drug-likeness (QED) is 0.645. The van der Waals surface area contributed by atoms with Crippen LogP contribution < -0.4 is 0 Å². The fourth-order valence-electron chi connectivity index (χ4n) is 4.43. The lowest BCUT2D eigenvalue weighted by atomic mass is 9.94. The van der Waals surface area contributed by atoms with E-state index in [-0.39, 0.29) is 17.8 Å². The standard InChI is InChI=1S/C23H23FN4O/c24-17-11-9-16(10-12-17)22-23(27-15-5-4-8-20(27)25-22)19-13-14-21(29)28(26-19)18-6-2-1-3-7-18/h4-5,8-12,15,18H,1-3,6-7,13-14H2. The molecule has 3 heterocycles. The van der Waals surface area contributed by atoms with Crippen LogP contribution >= 0.6 is 0 Å². The molecule has 2 aliphatic rings. The monoisotopic (exact) mass is 390 g/mol. The molecule has 1 aliphatic carbocycles. The normalized spacial score (nSPS) is 18.3. The van der Waals surface area contributed by atoms with Crippen molar-refractivity contribution < 1.29 is 9.18 Å². The second kappa shape index (κ2) is 7.43. The van der Waals surface area contributed by atoms with Crippen LogP contribution in [0.15, 0.2) is 53.8 Å². The average Bonchev–Trinajstić information content (AvgIpc) is 3.15. The van der Waals surface area contributed by atoms with Crippen molar-refractivity contribution in [1.29, 1.82) is 0 Å². The first kappa shape index (κ1) is 18.0. The molecule has 0 N–H and O–H groups in total. The van der Waals surface area contributed by atoms with Crippen LogP contribution in [0.3, 0.4) is 0 Å². The van der Waals surface area contributed by atoms with Gasteiger partial charge in [0.1, 0.15) is 11.5 Å². The SMILES string of the molecule is O=C1CCC(c2c(-c3ccc(F)cc3)nc3ccccn23)=NN1C1CCCCC1. The summed E-state index contributed by atoms with van der Waals surface area (Å²) in [4.78, 5) is 17.4. The predicted molar refractivity (Wildman–Crippen MR) is 110 cm³/mol. The zero-order valence-corrected chi connectivity index (χ0v) is 16.2. The molecule has 0 saturated heterocycles. The molecular formula is C23H23FN4O. The van der Waals surface area contributed by atoms with Crippen molar-refractivity contribution in [3.05, 3.63) is 60.2 Å². The molecule has 148 valence electrons. The van der Waals surface area contributed by atoms with Crippen molar-refractivity contribution in [3.63, 3.8) is 0 Å². The molecule has 1 aromatic carbocycles. The van der Waals surface area contributed by atoms with Crippen LogP contribution in [0.25, 0.3) is 16.9 Å². The third-order valence-electron chi connectivity index (χ3n) is 5.90. The molecule has 1 amide bonds. The van der Waals surface area contributed by atoms with Gasteiger partial charge >= 0.3 is 0 Å². The number of rotatable bonds is 3. The van der Waals surface area contributed by atoms with Crippen molar-refractivity contribution in [2.75, 3.05) is 0 Å². The molecule has 5 rings (SSSR count). The van der Waals surface area contributed by atoms with Crippen LogP contribution in [0.2, 0.25) is 0 Å². The number of hydrazone groups is 1. The van der Waals surface area contributed by atoms with Crippen LogP contribution in [-0.4, -0.2) is 32.1 Å². The smallest absolute Gasteiger partial charge is 0.243 e. The first-order chi connectivity index (χ1) is 14.2. The Balaban J connectivity index is 1.64. The number of amides is 1. The van der Waals surface area contributed by atoms with Crippen molar-refractivity contribution in [2.24, 2.45) is 5.10 Å². The van der Waals surface area contributed by atoms with Crippen LogP contribution in [0, 0.1) is 5.82 Å². The van der Waals surface area contributed by atoms with E-state index >= 15 is 0 Å². The summed E-state index contributed by atoms with van der Waals surface area (Å²) >= 11 is 0. The third-order valence-corrected chi connectivity index (χ3v) is 5.90. The van der Waals surface area contributed by atoms with E-state index in [1.54, 1.807) is 17.1 Å². The molecule has 2 aromatic heterocycles. The van der Waals surface area contributed by atoms with E-state index in [2.05, 4.69) is 0 Å². The lowest BCUT2D eigenvalue weighted by Gasteiger charge is -2.33. The summed E-state index contributed by atoms with van der Waals surface area (Å²) in [6.45, 7) is 0. The second-order valence-corrected chi connectivity index (χ2v) is 7.82. The zero-order valence-electron chi connectivity index (χ0n) is 16.2. The van der Waals surface area contributed by atoms with E-state index in [1.807, 2.05) is 28.8 Å². The Hall–Kier alpha value is -3.02. The third kappa shape index (κ3) is 3.33. The maximum atomic E-state index is 13.5. The summed E-state index contributed by atoms with van der Waals surface area (Å²) < 4.78 is 15.5. The number of halogens is 1. The Morgan fingerprint density at radius 3 is 2.55 bits per heavy atom. The Morgan fingerprint density at radius 2 is 1.76 bits per heavy atom. The number of hydrogen-bond donors (Lipinski definition) is 0. The molecule has 0 spiro atoms. The number of pyridine rings is 1. The van der Waals surface area contributed by atoms with Crippen LogP contribution in [0.4, 0.5) is 4.39 Å². The Kier molecular flexibility index (Phi) is 4.62. The van der Waals surface area contributed by atoms with Gasteiger partial charge in [-0.2, -0.15) is 5.10 Å². The molecule has 5 nitrogen and oxygen atoms in total. The molecule has 1 fully saturated rings. The highest BCUT2D eigenvalue weighted by Gasteiger charge is 2.31. The molecule has 0 radical (unpaired) electrons. The maximum Gasteiger partial charge on any atom is 0.243 e. The molecule has 0 unspecified atom stereocenters. The lowest BCUT2D eigenvalue weighted by molar-refractivity contribution is -0.134. The van der Waals surface area contributed by atoms with Crippen molar-refractivity contribution in [2.45, 2.75) is 51.0 Å². The van der Waals surface area contributed by atoms with Gasteiger partial charge in [0, 0.05) is 24.6 Å². The number of carbonyl (C=O) groups excluding carboxylic acids is 1. The number of carbonyl (C=O) groups is 1. The van der Waals surface area contributed by atoms with E-state index < -0.39 is 0 Å². The van der Waals surface area contributed by atoms with Gasteiger partial charge in [-0.05, 0) is 49.2 Å². The lowest BCUT2D eigenvalue weighted by Crippen LogP contribution is -2.41. The molecule has 0 bridgehead atoms. The number of benzene rings is 1. The van der Waals surface area contributed by atoms with Gasteiger partial charge in [0.2, 0.25) is 5.91 Å². The Labute approximate surface area is 168 Å². The Morgan fingerprint density at radius 1 is 0.966 bits per heavy atom. The summed E-state index contributed by atoms with van der Waals surface area (Å²) in [5, 5.41) is 6.58. The minimum atomic E-state index is -0.275. The molecule has 1 saturated carbocycles. The largest absolute Gasteiger partial charge is 0.298 e. The van der Waals surface area contributed by atoms with E-state index in [1.165, 1.54) is 18.6 Å². The number of nitrogens with zero attached hydrogens (tertiary/aromatic N) is 4. The molecule has 3 aromatic rings. The van der Waals surface area contributed by atoms with Crippen LogP contribution in [0.1, 0.15) is 50.6 Å². The van der Waals surface area contributed by atoms with Gasteiger partial charge in [-0.15, -0.1) is 0 Å². The number of aromatic nitrogens is 2. The van der Waals surface area contributed by atoms with Crippen LogP contribution in [-0.2, 0) is 4.79 Å². The number of imidazole rings is 1. The first-order valence-electron chi connectivity index (χ1n) is 10.3. The number of fused-ring (bicyclic) bond motifs is 1. The fraction of sp³-hybridized carbons (Fsp3) is 0.348. The minimum absolute atomic E-state index is 0.109. The van der Waals surface area contributed by atoms with Gasteiger partial charge in [-0.1, -0.05) is 25.3 Å². The first-order valence-corrected chi connectivity index (χ1v) is 10.3. The summed E-state index contributed by atoms with van der Waals surface area (Å²) in [5.41, 5.74) is 4.18. The van der Waals surface area contributed by atoms with Gasteiger partial charge in [0.25, 0.3) is 0 Å². The van der Waals surface area contributed by atoms with Crippen molar-refractivity contribution in [3.8, 4) is 11.3 Å². The zero-order chi connectivity index (χ0) is 19.8. The average molecular weight is 390 g/mol. The molecule has 6 heteroatoms. The maximum absolute atomic E-state index is 13.5. The van der Waals surface area contributed by atoms with Gasteiger partial charge in [0.15, 0.2) is 0 Å². The van der Waals surface area contributed by atoms with Crippen molar-refractivity contribution in [1.82, 2.24) is 14.4 Å². The van der Waals surface area contributed by atoms with Crippen molar-refractivity contribution >= 4 is 17.3 Å². The second-order valence-electron chi connectivity index (χ2n) is 7.82. The summed E-state index contributed by atoms with van der Waals surface area (Å²) in [6.07, 6.45) is 8.56. The van der Waals surface area contributed by atoms with E-state index in [4.69, 9.17) is 10.1 Å². The van der Waals surface area contributed by atoms with Crippen LogP contribution in [0.5, 0.6) is 0 Å². The summed E-state index contributed by atoms with van der Waals surface area (Å²) in [6, 6.07) is 12.4. The highest BCUT2D eigenvalue weighted by atomic mass is 19.1. The predicted octanol–water partition coefficient (Wildman–Crippen LogP) is 4.80. The molecular weight excluding hydrogens is 367 g/mol. The Bertz CT molecular complexity index is 1080. The summed E-state index contributed by atoms with van der Waals surface area (Å²) in [5.74, 6) is -0.166. The van der Waals surface area contributed by atoms with Gasteiger partial charge in [-0.25, -0.2) is 14.4 Å². The van der Waals surface area contributed by atoms with E-state index in [0.29, 0.717) is 12.8 Å². The van der Waals surface area contributed by atoms with E-state index in [9.17, 15) is 9.18 Å². The van der Waals surface area contributed by atoms with Gasteiger partial charge in [0.05, 0.1) is 23.1 Å². The minimum Gasteiger partial charge on any atom is -0.298 e. The fourth-order valence-corrected chi connectivity index (χ4v) is 4.43. The molecule has 1 aliphatic heterocycles. The summed E-state index contributed by atoms with van der Waals surface area (Å²) in [7, 11) is 0. The molecule has 29 heavy (non-hydrogen) atoms. The van der Waals surface area contributed by atoms with Gasteiger partial charge < -0.3 is 0 Å². The van der Waals surface area contributed by atoms with E-state index in [0.717, 1.165) is 54.0 Å². The molecule has 0 atom stereocenters.